The Labute approximate surface area is 323 Å². The van der Waals surface area contributed by atoms with Gasteiger partial charge in [-0.25, -0.2) is 9.59 Å². The first-order valence-corrected chi connectivity index (χ1v) is 19.2. The molecule has 0 aliphatic rings. The molecule has 0 heterocycles. The zero-order valence-corrected chi connectivity index (χ0v) is 32.2. The van der Waals surface area contributed by atoms with E-state index >= 15 is 0 Å². The molecule has 19 heteroatoms. The SMILES string of the molecule is C=[NH+]N[C@@H](CCCCNC(=O)CC[C@H](NC(=O)CCC(=O)NCCCOCCOCCOCCCNC(=O)CCCCCCCCC(=O)O)C(=O)O)C(=O)O. The molecule has 19 nitrogen and oxygen atoms in total. The van der Waals surface area contributed by atoms with Crippen LogP contribution in [0, 0.1) is 0 Å². The summed E-state index contributed by atoms with van der Waals surface area (Å²) in [7, 11) is 0. The number of carbonyl (C=O) groups is 7. The highest BCUT2D eigenvalue weighted by Crippen LogP contribution is 2.09. The third kappa shape index (κ3) is 33.9. The van der Waals surface area contributed by atoms with Crippen LogP contribution in [0.4, 0.5) is 0 Å². The molecule has 0 aromatic rings. The number of nitrogens with one attached hydrogen (secondary N) is 6. The minimum Gasteiger partial charge on any atom is -0.481 e. The molecule has 9 N–H and O–H groups in total. The Kier molecular flexibility index (Phi) is 32.5. The second-order valence-corrected chi connectivity index (χ2v) is 12.8. The number of rotatable bonds is 39. The van der Waals surface area contributed by atoms with E-state index in [0.29, 0.717) is 97.7 Å². The van der Waals surface area contributed by atoms with Crippen molar-refractivity contribution in [2.75, 3.05) is 59.3 Å². The number of hydrazine groups is 1. The van der Waals surface area contributed by atoms with Crippen LogP contribution in [0.5, 0.6) is 0 Å². The summed E-state index contributed by atoms with van der Waals surface area (Å²) < 4.78 is 16.4. The molecule has 0 aromatic heterocycles. The van der Waals surface area contributed by atoms with Crippen LogP contribution in [0.2, 0.25) is 0 Å². The van der Waals surface area contributed by atoms with Crippen molar-refractivity contribution in [2.24, 2.45) is 0 Å². The van der Waals surface area contributed by atoms with Crippen molar-refractivity contribution in [3.63, 3.8) is 0 Å². The molecular formula is C36H65N6O13+. The number of carbonyl (C=O) groups excluding carboxylic acids is 4. The van der Waals surface area contributed by atoms with Crippen LogP contribution in [0.1, 0.15) is 109 Å². The summed E-state index contributed by atoms with van der Waals surface area (Å²) in [5.74, 6) is -4.44. The maximum atomic E-state index is 12.2. The van der Waals surface area contributed by atoms with E-state index in [0.717, 1.165) is 32.1 Å². The summed E-state index contributed by atoms with van der Waals surface area (Å²) in [4.78, 5) is 81.4. The molecular weight excluding hydrogens is 724 g/mol. The maximum absolute atomic E-state index is 12.2. The van der Waals surface area contributed by atoms with E-state index in [9.17, 15) is 38.7 Å². The average Bonchev–Trinajstić information content (AvgIpc) is 3.14. The molecule has 0 rings (SSSR count). The van der Waals surface area contributed by atoms with Gasteiger partial charge in [-0.1, -0.05) is 25.7 Å². The van der Waals surface area contributed by atoms with E-state index < -0.39 is 41.8 Å². The van der Waals surface area contributed by atoms with Gasteiger partial charge in [-0.15, -0.1) is 5.10 Å². The standard InChI is InChI=1S/C36H64N6O13/c1-37-42-29(36(51)52)12-8-9-19-38-31(44)16-15-28(35(49)50)41-33(46)18-17-32(45)40-21-11-23-54-25-27-55-26-24-53-22-10-20-39-30(43)13-6-4-2-3-5-7-14-34(47)48/h28-29,42H,1-27H2,(H,38,44)(H,39,43)(H,40,45)(H,41,46)(H,47,48)(H,49,50)(H,51,52)/p+1/t28-,29-/m0/s1. The van der Waals surface area contributed by atoms with Crippen LogP contribution < -0.4 is 31.8 Å². The molecule has 4 amide bonds. The topological polar surface area (TPSA) is 282 Å². The summed E-state index contributed by atoms with van der Waals surface area (Å²) in [6.07, 6.45) is 8.10. The molecule has 0 fully saturated rings. The van der Waals surface area contributed by atoms with Crippen molar-refractivity contribution in [3.8, 4) is 0 Å². The van der Waals surface area contributed by atoms with Crippen molar-refractivity contribution < 1.29 is 68.2 Å². The number of aliphatic carboxylic acids is 3. The van der Waals surface area contributed by atoms with Gasteiger partial charge in [0.15, 0.2) is 12.8 Å². The van der Waals surface area contributed by atoms with E-state index in [2.05, 4.69) is 38.5 Å². The molecule has 0 spiro atoms. The predicted molar refractivity (Wildman–Crippen MR) is 200 cm³/mol. The van der Waals surface area contributed by atoms with Gasteiger partial charge in [-0.3, -0.25) is 24.0 Å². The van der Waals surface area contributed by atoms with Crippen LogP contribution in [-0.2, 0) is 47.8 Å². The molecule has 316 valence electrons. The first-order chi connectivity index (χ1) is 26.5. The molecule has 55 heavy (non-hydrogen) atoms. The van der Waals surface area contributed by atoms with E-state index in [1.165, 1.54) is 0 Å². The lowest BCUT2D eigenvalue weighted by Crippen LogP contribution is -2.81. The van der Waals surface area contributed by atoms with Gasteiger partial charge in [-0.05, 0) is 51.4 Å². The first-order valence-electron chi connectivity index (χ1n) is 19.2. The minimum atomic E-state index is -1.30. The fourth-order valence-electron chi connectivity index (χ4n) is 4.99. The van der Waals surface area contributed by atoms with Crippen LogP contribution in [0.25, 0.3) is 0 Å². The minimum absolute atomic E-state index is 0.0282. The Balaban J connectivity index is 3.70. The van der Waals surface area contributed by atoms with Gasteiger partial charge in [0.05, 0.1) is 26.4 Å². The van der Waals surface area contributed by atoms with Crippen molar-refractivity contribution >= 4 is 48.3 Å². The van der Waals surface area contributed by atoms with Crippen LogP contribution in [0.3, 0.4) is 0 Å². The number of hydrogen-bond donors (Lipinski definition) is 9. The summed E-state index contributed by atoms with van der Waals surface area (Å²) in [5.41, 5.74) is 2.51. The number of unbranched alkanes of at least 4 members (excludes halogenated alkanes) is 6. The first kappa shape index (κ1) is 50.6. The van der Waals surface area contributed by atoms with Gasteiger partial charge in [0.1, 0.15) is 6.04 Å². The monoisotopic (exact) mass is 789 g/mol. The van der Waals surface area contributed by atoms with Gasteiger partial charge >= 0.3 is 17.9 Å². The lowest BCUT2D eigenvalue weighted by Gasteiger charge is -2.14. The predicted octanol–water partition coefficient (Wildman–Crippen LogP) is -0.590. The van der Waals surface area contributed by atoms with Gasteiger partial charge in [-0.2, -0.15) is 5.43 Å². The van der Waals surface area contributed by atoms with E-state index in [4.69, 9.17) is 24.4 Å². The highest BCUT2D eigenvalue weighted by Gasteiger charge is 2.22. The van der Waals surface area contributed by atoms with Crippen molar-refractivity contribution in [3.05, 3.63) is 0 Å². The van der Waals surface area contributed by atoms with Crippen LogP contribution in [0.15, 0.2) is 0 Å². The largest absolute Gasteiger partial charge is 0.481 e. The summed E-state index contributed by atoms with van der Waals surface area (Å²) in [6.45, 7) is 6.99. The van der Waals surface area contributed by atoms with E-state index in [1.807, 2.05) is 0 Å². The van der Waals surface area contributed by atoms with Crippen molar-refractivity contribution in [1.29, 1.82) is 0 Å². The molecule has 2 atom stereocenters. The zero-order chi connectivity index (χ0) is 40.9. The summed E-state index contributed by atoms with van der Waals surface area (Å²) in [6, 6.07) is -2.10. The van der Waals surface area contributed by atoms with Crippen molar-refractivity contribution in [2.45, 2.75) is 121 Å². The molecule has 0 radical (unpaired) electrons. The van der Waals surface area contributed by atoms with E-state index in [-0.39, 0.29) is 50.5 Å². The Bertz CT molecular complexity index is 1130. The molecule has 0 aromatic carbocycles. The Morgan fingerprint density at radius 1 is 0.473 bits per heavy atom. The fourth-order valence-corrected chi connectivity index (χ4v) is 4.99. The third-order valence-corrected chi connectivity index (χ3v) is 8.05. The number of carboxylic acids is 3. The van der Waals surface area contributed by atoms with Crippen LogP contribution in [-0.4, -0.2) is 135 Å². The Hall–Kier alpha value is -4.36. The molecule has 0 aliphatic heterocycles. The molecule has 0 saturated heterocycles. The normalized spacial score (nSPS) is 11.9. The average molecular weight is 790 g/mol. The lowest BCUT2D eigenvalue weighted by atomic mass is 10.1. The van der Waals surface area contributed by atoms with Gasteiger partial charge < -0.3 is 50.8 Å². The second kappa shape index (κ2) is 35.3. The van der Waals surface area contributed by atoms with Gasteiger partial charge in [0.25, 0.3) is 0 Å². The van der Waals surface area contributed by atoms with Gasteiger partial charge in [0.2, 0.25) is 23.6 Å². The molecule has 0 bridgehead atoms. The number of amides is 4. The quantitative estimate of drug-likeness (QED) is 0.0214. The second-order valence-electron chi connectivity index (χ2n) is 12.8. The third-order valence-electron chi connectivity index (χ3n) is 8.05. The molecule has 0 saturated carbocycles. The molecule has 0 aliphatic carbocycles. The lowest BCUT2D eigenvalue weighted by molar-refractivity contribution is -0.522. The highest BCUT2D eigenvalue weighted by atomic mass is 16.5. The number of hydrazone groups is 1. The number of ether oxygens (including phenoxy) is 3. The fraction of sp³-hybridized carbons (Fsp3) is 0.778. The summed E-state index contributed by atoms with van der Waals surface area (Å²) >= 11 is 0. The Morgan fingerprint density at radius 3 is 1.45 bits per heavy atom. The Morgan fingerprint density at radius 2 is 0.927 bits per heavy atom. The van der Waals surface area contributed by atoms with Crippen molar-refractivity contribution in [1.82, 2.24) is 26.7 Å². The van der Waals surface area contributed by atoms with E-state index in [1.54, 1.807) is 0 Å². The smallest absolute Gasteiger partial charge is 0.331 e. The highest BCUT2D eigenvalue weighted by molar-refractivity contribution is 5.87. The number of carboxylic acid groups (broad SMARTS) is 3. The zero-order valence-electron chi connectivity index (χ0n) is 32.2. The summed E-state index contributed by atoms with van der Waals surface area (Å²) in [5, 5.41) is 40.0. The maximum Gasteiger partial charge on any atom is 0.331 e. The van der Waals surface area contributed by atoms with Gasteiger partial charge in [0, 0.05) is 65.0 Å². The number of hydrogen-bond acceptors (Lipinski definition) is 11. The van der Waals surface area contributed by atoms with Crippen LogP contribution >= 0.6 is 0 Å². The molecule has 0 unspecified atom stereocenters.